The van der Waals surface area contributed by atoms with Crippen molar-refractivity contribution in [2.45, 2.75) is 38.6 Å². The van der Waals surface area contributed by atoms with Crippen LogP contribution in [-0.4, -0.2) is 37.9 Å². The van der Waals surface area contributed by atoms with Gasteiger partial charge in [-0.3, -0.25) is 4.79 Å². The number of amides is 1. The number of carbonyl (C=O) groups is 1. The van der Waals surface area contributed by atoms with Crippen LogP contribution in [0.25, 0.3) is 0 Å². The first-order valence-electron chi connectivity index (χ1n) is 5.75. The first kappa shape index (κ1) is 15.3. The van der Waals surface area contributed by atoms with Gasteiger partial charge in [0, 0.05) is 13.2 Å². The Morgan fingerprint density at radius 1 is 1.19 bits per heavy atom. The maximum Gasteiger partial charge on any atom is 0.237 e. The summed E-state index contributed by atoms with van der Waals surface area (Å²) in [4.78, 5) is 10.9. The zero-order chi connectivity index (χ0) is 12.4. The van der Waals surface area contributed by atoms with Gasteiger partial charge in [0.2, 0.25) is 5.91 Å². The van der Waals surface area contributed by atoms with Gasteiger partial charge in [-0.2, -0.15) is 0 Å². The molecule has 0 fully saturated rings. The highest BCUT2D eigenvalue weighted by atomic mass is 16.5. The summed E-state index contributed by atoms with van der Waals surface area (Å²) < 4.78 is 10.6. The van der Waals surface area contributed by atoms with Crippen molar-refractivity contribution in [2.75, 3.05) is 26.4 Å². The predicted molar refractivity (Wildman–Crippen MR) is 62.9 cm³/mol. The molecule has 0 radical (unpaired) electrons. The molecule has 0 saturated heterocycles. The van der Waals surface area contributed by atoms with Gasteiger partial charge >= 0.3 is 0 Å². The van der Waals surface area contributed by atoms with Crippen LogP contribution in [0.2, 0.25) is 0 Å². The molecular formula is C11H24N2O3. The Labute approximate surface area is 97.5 Å². The summed E-state index contributed by atoms with van der Waals surface area (Å²) in [6, 6.07) is 0. The largest absolute Gasteiger partial charge is 0.379 e. The first-order valence-corrected chi connectivity index (χ1v) is 5.75. The Morgan fingerprint density at radius 2 is 1.75 bits per heavy atom. The lowest BCUT2D eigenvalue weighted by molar-refractivity contribution is -0.122. The van der Waals surface area contributed by atoms with Crippen LogP contribution in [0, 0.1) is 0 Å². The molecule has 0 saturated carbocycles. The fourth-order valence-electron chi connectivity index (χ4n) is 1.13. The van der Waals surface area contributed by atoms with E-state index in [0.29, 0.717) is 26.2 Å². The third-order valence-electron chi connectivity index (χ3n) is 2.27. The molecule has 5 heteroatoms. The summed E-state index contributed by atoms with van der Waals surface area (Å²) in [7, 11) is 0. The molecule has 1 amide bonds. The topological polar surface area (TPSA) is 87.6 Å². The first-order chi connectivity index (χ1) is 7.50. The van der Waals surface area contributed by atoms with Gasteiger partial charge in [0.05, 0.1) is 18.8 Å². The SMILES string of the molecule is CCCOCCOCCCC(C)(N)C(N)=O. The minimum atomic E-state index is -0.929. The van der Waals surface area contributed by atoms with Crippen LogP contribution in [0.1, 0.15) is 33.1 Å². The van der Waals surface area contributed by atoms with Crippen LogP contribution in [-0.2, 0) is 14.3 Å². The van der Waals surface area contributed by atoms with Crippen LogP contribution < -0.4 is 11.5 Å². The average Bonchev–Trinajstić information content (AvgIpc) is 2.21. The lowest BCUT2D eigenvalue weighted by Gasteiger charge is -2.19. The molecule has 0 spiro atoms. The van der Waals surface area contributed by atoms with E-state index in [-0.39, 0.29) is 0 Å². The van der Waals surface area contributed by atoms with Gasteiger partial charge in [-0.05, 0) is 26.2 Å². The standard InChI is InChI=1S/C11H24N2O3/c1-3-6-15-8-9-16-7-4-5-11(2,13)10(12)14/h3-9,13H2,1-2H3,(H2,12,14). The average molecular weight is 232 g/mol. The van der Waals surface area contributed by atoms with Gasteiger partial charge in [0.25, 0.3) is 0 Å². The summed E-state index contributed by atoms with van der Waals surface area (Å²) in [6.07, 6.45) is 2.28. The number of nitrogens with two attached hydrogens (primary N) is 2. The fourth-order valence-corrected chi connectivity index (χ4v) is 1.13. The summed E-state index contributed by atoms with van der Waals surface area (Å²) >= 11 is 0. The number of carbonyl (C=O) groups excluding carboxylic acids is 1. The van der Waals surface area contributed by atoms with E-state index in [1.54, 1.807) is 6.92 Å². The highest BCUT2D eigenvalue weighted by molar-refractivity contribution is 5.83. The fraction of sp³-hybridized carbons (Fsp3) is 0.909. The molecule has 0 aromatic carbocycles. The maximum absolute atomic E-state index is 10.9. The van der Waals surface area contributed by atoms with Crippen molar-refractivity contribution < 1.29 is 14.3 Å². The van der Waals surface area contributed by atoms with E-state index in [2.05, 4.69) is 6.92 Å². The van der Waals surface area contributed by atoms with Gasteiger partial charge in [0.1, 0.15) is 0 Å². The van der Waals surface area contributed by atoms with E-state index in [0.717, 1.165) is 19.4 Å². The minimum Gasteiger partial charge on any atom is -0.379 e. The van der Waals surface area contributed by atoms with E-state index >= 15 is 0 Å². The second kappa shape index (κ2) is 8.50. The van der Waals surface area contributed by atoms with Gasteiger partial charge in [-0.1, -0.05) is 6.92 Å². The molecular weight excluding hydrogens is 208 g/mol. The van der Waals surface area contributed by atoms with Crippen molar-refractivity contribution in [1.82, 2.24) is 0 Å². The van der Waals surface area contributed by atoms with Crippen molar-refractivity contribution in [3.8, 4) is 0 Å². The monoisotopic (exact) mass is 232 g/mol. The zero-order valence-corrected chi connectivity index (χ0v) is 10.3. The van der Waals surface area contributed by atoms with Gasteiger partial charge in [-0.15, -0.1) is 0 Å². The quantitative estimate of drug-likeness (QED) is 0.534. The normalized spacial score (nSPS) is 14.7. The highest BCUT2D eigenvalue weighted by Gasteiger charge is 2.24. The van der Waals surface area contributed by atoms with Gasteiger partial charge < -0.3 is 20.9 Å². The maximum atomic E-state index is 10.9. The molecule has 4 N–H and O–H groups in total. The van der Waals surface area contributed by atoms with Gasteiger partial charge in [-0.25, -0.2) is 0 Å². The molecule has 0 rings (SSSR count). The second-order valence-electron chi connectivity index (χ2n) is 4.11. The predicted octanol–water partition coefficient (Wildman–Crippen LogP) is 0.413. The van der Waals surface area contributed by atoms with E-state index < -0.39 is 11.4 Å². The Morgan fingerprint density at radius 3 is 2.25 bits per heavy atom. The molecule has 0 aliphatic rings. The molecule has 16 heavy (non-hydrogen) atoms. The van der Waals surface area contributed by atoms with Crippen molar-refractivity contribution in [1.29, 1.82) is 0 Å². The lowest BCUT2D eigenvalue weighted by Crippen LogP contribution is -2.49. The molecule has 1 atom stereocenters. The Kier molecular flexibility index (Phi) is 8.15. The summed E-state index contributed by atoms with van der Waals surface area (Å²) in [5, 5.41) is 0. The smallest absolute Gasteiger partial charge is 0.237 e. The van der Waals surface area contributed by atoms with E-state index in [1.165, 1.54) is 0 Å². The van der Waals surface area contributed by atoms with Crippen molar-refractivity contribution in [3.05, 3.63) is 0 Å². The number of primary amides is 1. The summed E-state index contributed by atoms with van der Waals surface area (Å²) in [5.41, 5.74) is 9.90. The third kappa shape index (κ3) is 7.62. The molecule has 1 unspecified atom stereocenters. The Balaban J connectivity index is 3.30. The molecule has 0 aromatic rings. The lowest BCUT2D eigenvalue weighted by atomic mass is 9.97. The molecule has 0 heterocycles. The van der Waals surface area contributed by atoms with Crippen LogP contribution in [0.4, 0.5) is 0 Å². The molecule has 0 aliphatic carbocycles. The summed E-state index contributed by atoms with van der Waals surface area (Å²) in [5.74, 6) is -0.473. The van der Waals surface area contributed by atoms with Crippen molar-refractivity contribution >= 4 is 5.91 Å². The Bertz CT molecular complexity index is 196. The molecule has 5 nitrogen and oxygen atoms in total. The Hall–Kier alpha value is -0.650. The highest BCUT2D eigenvalue weighted by Crippen LogP contribution is 2.07. The van der Waals surface area contributed by atoms with Crippen LogP contribution in [0.3, 0.4) is 0 Å². The van der Waals surface area contributed by atoms with E-state index in [1.807, 2.05) is 0 Å². The van der Waals surface area contributed by atoms with E-state index in [4.69, 9.17) is 20.9 Å². The van der Waals surface area contributed by atoms with Crippen LogP contribution in [0.5, 0.6) is 0 Å². The van der Waals surface area contributed by atoms with Crippen molar-refractivity contribution in [3.63, 3.8) is 0 Å². The van der Waals surface area contributed by atoms with Gasteiger partial charge in [0.15, 0.2) is 0 Å². The summed E-state index contributed by atoms with van der Waals surface area (Å²) in [6.45, 7) is 6.25. The number of ether oxygens (including phenoxy) is 2. The van der Waals surface area contributed by atoms with Crippen LogP contribution >= 0.6 is 0 Å². The third-order valence-corrected chi connectivity index (χ3v) is 2.27. The minimum absolute atomic E-state index is 0.473. The number of hydrogen-bond acceptors (Lipinski definition) is 4. The number of hydrogen-bond donors (Lipinski definition) is 2. The molecule has 0 bridgehead atoms. The van der Waals surface area contributed by atoms with Crippen molar-refractivity contribution in [2.24, 2.45) is 11.5 Å². The number of rotatable bonds is 10. The van der Waals surface area contributed by atoms with E-state index in [9.17, 15) is 4.79 Å². The molecule has 0 aromatic heterocycles. The zero-order valence-electron chi connectivity index (χ0n) is 10.3. The van der Waals surface area contributed by atoms with Crippen LogP contribution in [0.15, 0.2) is 0 Å². The second-order valence-corrected chi connectivity index (χ2v) is 4.11. The molecule has 0 aliphatic heterocycles. The molecule has 96 valence electrons.